The number of nitrogens with two attached hydrogens (primary N) is 1. The zero-order valence-corrected chi connectivity index (χ0v) is 8.90. The van der Waals surface area contributed by atoms with Crippen molar-refractivity contribution in [2.45, 2.75) is 38.8 Å². The molecule has 14 heavy (non-hydrogen) atoms. The first-order valence-electron chi connectivity index (χ1n) is 5.17. The molecule has 0 spiro atoms. The second-order valence-corrected chi connectivity index (χ2v) is 3.80. The van der Waals surface area contributed by atoms with Crippen LogP contribution in [0.2, 0.25) is 0 Å². The molecule has 2 atom stereocenters. The lowest BCUT2D eigenvalue weighted by atomic mass is 10.0. The number of hydrogen-bond donors (Lipinski definition) is 2. The molecular formula is C12H19NO. The van der Waals surface area contributed by atoms with Crippen LogP contribution in [0.3, 0.4) is 0 Å². The molecule has 0 aliphatic rings. The Bertz CT molecular complexity index is 266. The first kappa shape index (κ1) is 11.2. The third-order valence-electron chi connectivity index (χ3n) is 2.36. The zero-order chi connectivity index (χ0) is 10.6. The summed E-state index contributed by atoms with van der Waals surface area (Å²) in [5.41, 5.74) is 7.83. The number of rotatable bonds is 4. The highest BCUT2D eigenvalue weighted by Gasteiger charge is 2.11. The summed E-state index contributed by atoms with van der Waals surface area (Å²) in [5.74, 6) is 0. The van der Waals surface area contributed by atoms with Crippen LogP contribution in [0.4, 0.5) is 0 Å². The molecule has 1 aromatic rings. The summed E-state index contributed by atoms with van der Waals surface area (Å²) >= 11 is 0. The van der Waals surface area contributed by atoms with Crippen LogP contribution in [0.5, 0.6) is 0 Å². The highest BCUT2D eigenvalue weighted by Crippen LogP contribution is 2.16. The molecule has 0 radical (unpaired) electrons. The van der Waals surface area contributed by atoms with Gasteiger partial charge in [-0.1, -0.05) is 37.6 Å². The average Bonchev–Trinajstić information content (AvgIpc) is 2.18. The molecule has 1 rings (SSSR count). The van der Waals surface area contributed by atoms with Gasteiger partial charge in [0.15, 0.2) is 0 Å². The van der Waals surface area contributed by atoms with Crippen molar-refractivity contribution in [3.05, 3.63) is 35.4 Å². The Labute approximate surface area is 85.8 Å². The predicted molar refractivity (Wildman–Crippen MR) is 59.0 cm³/mol. The molecule has 0 amide bonds. The normalized spacial score (nSPS) is 15.1. The van der Waals surface area contributed by atoms with Crippen molar-refractivity contribution < 1.29 is 5.11 Å². The van der Waals surface area contributed by atoms with Crippen molar-refractivity contribution in [3.8, 4) is 0 Å². The lowest BCUT2D eigenvalue weighted by Crippen LogP contribution is -2.24. The Morgan fingerprint density at radius 3 is 2.29 bits per heavy atom. The number of hydrogen-bond acceptors (Lipinski definition) is 2. The van der Waals surface area contributed by atoms with Gasteiger partial charge in [0.05, 0.1) is 6.10 Å². The van der Waals surface area contributed by atoms with Crippen LogP contribution in [0.25, 0.3) is 0 Å². The molecule has 0 saturated carbocycles. The van der Waals surface area contributed by atoms with Gasteiger partial charge < -0.3 is 10.8 Å². The highest BCUT2D eigenvalue weighted by molar-refractivity contribution is 5.24. The fraction of sp³-hybridized carbons (Fsp3) is 0.500. The molecule has 0 bridgehead atoms. The van der Waals surface area contributed by atoms with Crippen LogP contribution < -0.4 is 5.73 Å². The smallest absolute Gasteiger partial charge is 0.0938 e. The summed E-state index contributed by atoms with van der Waals surface area (Å²) < 4.78 is 0. The van der Waals surface area contributed by atoms with Crippen molar-refractivity contribution in [2.75, 3.05) is 0 Å². The molecule has 0 fully saturated rings. The predicted octanol–water partition coefficient (Wildman–Crippen LogP) is 2.02. The SMILES string of the molecule is CCCc1ccc([C@H](O)[C@@H](C)N)cc1. The number of aryl methyl sites for hydroxylation is 1. The van der Waals surface area contributed by atoms with Crippen molar-refractivity contribution >= 4 is 0 Å². The van der Waals surface area contributed by atoms with Crippen LogP contribution in [-0.2, 0) is 6.42 Å². The minimum atomic E-state index is -0.550. The average molecular weight is 193 g/mol. The van der Waals surface area contributed by atoms with Gasteiger partial charge in [0.2, 0.25) is 0 Å². The molecular weight excluding hydrogens is 174 g/mol. The molecule has 3 N–H and O–H groups in total. The summed E-state index contributed by atoms with van der Waals surface area (Å²) in [5, 5.41) is 9.69. The summed E-state index contributed by atoms with van der Waals surface area (Å²) in [6, 6.07) is 7.82. The van der Waals surface area contributed by atoms with Crippen molar-refractivity contribution in [1.29, 1.82) is 0 Å². The quantitative estimate of drug-likeness (QED) is 0.768. The van der Waals surface area contributed by atoms with Gasteiger partial charge >= 0.3 is 0 Å². The van der Waals surface area contributed by atoms with E-state index in [1.807, 2.05) is 19.1 Å². The van der Waals surface area contributed by atoms with E-state index in [0.29, 0.717) is 0 Å². The van der Waals surface area contributed by atoms with E-state index < -0.39 is 6.10 Å². The standard InChI is InChI=1S/C12H19NO/c1-3-4-10-5-7-11(8-6-10)12(14)9(2)13/h5-9,12,14H,3-4,13H2,1-2H3/t9-,12-/m1/s1. The molecule has 2 nitrogen and oxygen atoms in total. The van der Waals surface area contributed by atoms with Crippen molar-refractivity contribution in [1.82, 2.24) is 0 Å². The second kappa shape index (κ2) is 5.13. The Morgan fingerprint density at radius 1 is 1.29 bits per heavy atom. The van der Waals surface area contributed by atoms with Crippen LogP contribution in [0.15, 0.2) is 24.3 Å². The van der Waals surface area contributed by atoms with E-state index in [9.17, 15) is 5.11 Å². The van der Waals surface area contributed by atoms with Crippen LogP contribution in [0, 0.1) is 0 Å². The number of aliphatic hydroxyl groups is 1. The van der Waals surface area contributed by atoms with Gasteiger partial charge in [0.1, 0.15) is 0 Å². The maximum atomic E-state index is 9.69. The Hall–Kier alpha value is -0.860. The van der Waals surface area contributed by atoms with E-state index in [1.165, 1.54) is 5.56 Å². The van der Waals surface area contributed by atoms with Gasteiger partial charge in [-0.05, 0) is 24.5 Å². The molecule has 1 aromatic carbocycles. The zero-order valence-electron chi connectivity index (χ0n) is 8.90. The van der Waals surface area contributed by atoms with E-state index in [1.54, 1.807) is 0 Å². The van der Waals surface area contributed by atoms with Gasteiger partial charge in [-0.15, -0.1) is 0 Å². The van der Waals surface area contributed by atoms with E-state index >= 15 is 0 Å². The molecule has 78 valence electrons. The first-order chi connectivity index (χ1) is 6.65. The maximum Gasteiger partial charge on any atom is 0.0938 e. The lowest BCUT2D eigenvalue weighted by Gasteiger charge is -2.14. The number of aliphatic hydroxyl groups excluding tert-OH is 1. The third kappa shape index (κ3) is 2.82. The van der Waals surface area contributed by atoms with E-state index in [4.69, 9.17) is 5.73 Å². The summed E-state index contributed by atoms with van der Waals surface area (Å²) in [6.07, 6.45) is 1.69. The molecule has 0 aromatic heterocycles. The summed E-state index contributed by atoms with van der Waals surface area (Å²) in [4.78, 5) is 0. The Kier molecular flexibility index (Phi) is 4.11. The highest BCUT2D eigenvalue weighted by atomic mass is 16.3. The van der Waals surface area contributed by atoms with Gasteiger partial charge in [0, 0.05) is 6.04 Å². The minimum absolute atomic E-state index is 0.216. The first-order valence-corrected chi connectivity index (χ1v) is 5.17. The van der Waals surface area contributed by atoms with E-state index in [0.717, 1.165) is 18.4 Å². The minimum Gasteiger partial charge on any atom is -0.387 e. The molecule has 2 heteroatoms. The lowest BCUT2D eigenvalue weighted by molar-refractivity contribution is 0.153. The molecule has 0 saturated heterocycles. The third-order valence-corrected chi connectivity index (χ3v) is 2.36. The van der Waals surface area contributed by atoms with Crippen molar-refractivity contribution in [2.24, 2.45) is 5.73 Å². The van der Waals surface area contributed by atoms with Crippen LogP contribution in [0.1, 0.15) is 37.5 Å². The molecule has 0 aliphatic carbocycles. The molecule has 0 aliphatic heterocycles. The molecule has 0 heterocycles. The Morgan fingerprint density at radius 2 is 1.86 bits per heavy atom. The van der Waals surface area contributed by atoms with Crippen LogP contribution >= 0.6 is 0 Å². The maximum absolute atomic E-state index is 9.69. The van der Waals surface area contributed by atoms with E-state index in [-0.39, 0.29) is 6.04 Å². The second-order valence-electron chi connectivity index (χ2n) is 3.80. The van der Waals surface area contributed by atoms with Crippen molar-refractivity contribution in [3.63, 3.8) is 0 Å². The molecule has 0 unspecified atom stereocenters. The topological polar surface area (TPSA) is 46.2 Å². The number of benzene rings is 1. The Balaban J connectivity index is 2.72. The van der Waals surface area contributed by atoms with Gasteiger partial charge in [-0.2, -0.15) is 0 Å². The monoisotopic (exact) mass is 193 g/mol. The van der Waals surface area contributed by atoms with E-state index in [2.05, 4.69) is 19.1 Å². The summed E-state index contributed by atoms with van der Waals surface area (Å²) in [6.45, 7) is 3.97. The van der Waals surface area contributed by atoms with Gasteiger partial charge in [-0.3, -0.25) is 0 Å². The van der Waals surface area contributed by atoms with Gasteiger partial charge in [-0.25, -0.2) is 0 Å². The fourth-order valence-electron chi connectivity index (χ4n) is 1.47. The summed E-state index contributed by atoms with van der Waals surface area (Å²) in [7, 11) is 0. The van der Waals surface area contributed by atoms with Crippen LogP contribution in [-0.4, -0.2) is 11.1 Å². The fourth-order valence-corrected chi connectivity index (χ4v) is 1.47. The largest absolute Gasteiger partial charge is 0.387 e. The van der Waals surface area contributed by atoms with Gasteiger partial charge in [0.25, 0.3) is 0 Å².